The van der Waals surface area contributed by atoms with E-state index in [0.29, 0.717) is 18.8 Å². The molecule has 0 aromatic rings. The molecule has 1 fully saturated rings. The van der Waals surface area contributed by atoms with Crippen LogP contribution in [-0.4, -0.2) is 28.3 Å². The zero-order valence-corrected chi connectivity index (χ0v) is 14.3. The number of carbonyl (C=O) groups is 1. The minimum absolute atomic E-state index is 0.0186. The molecule has 24 heavy (non-hydrogen) atoms. The summed E-state index contributed by atoms with van der Waals surface area (Å²) in [4.78, 5) is 17.2. The van der Waals surface area contributed by atoms with E-state index in [1.54, 1.807) is 12.2 Å². The first-order valence-electron chi connectivity index (χ1n) is 8.67. The van der Waals surface area contributed by atoms with Gasteiger partial charge in [0, 0.05) is 12.6 Å². The van der Waals surface area contributed by atoms with Gasteiger partial charge in [-0.15, -0.1) is 0 Å². The van der Waals surface area contributed by atoms with Gasteiger partial charge in [0.1, 0.15) is 5.76 Å². The van der Waals surface area contributed by atoms with E-state index in [1.807, 2.05) is 18.4 Å². The van der Waals surface area contributed by atoms with Crippen LogP contribution in [0, 0.1) is 11.3 Å². The zero-order chi connectivity index (χ0) is 17.3. The molecule has 1 heterocycles. The van der Waals surface area contributed by atoms with Gasteiger partial charge in [-0.2, -0.15) is 0 Å². The fraction of sp³-hybridized carbons (Fsp3) is 0.500. The van der Waals surface area contributed by atoms with Crippen molar-refractivity contribution in [1.82, 2.24) is 0 Å². The minimum atomic E-state index is -0.442. The highest BCUT2D eigenvalue weighted by Crippen LogP contribution is 2.55. The molecule has 2 N–H and O–H groups in total. The van der Waals surface area contributed by atoms with Crippen LogP contribution in [0.2, 0.25) is 0 Å². The number of rotatable bonds is 5. The van der Waals surface area contributed by atoms with Crippen molar-refractivity contribution in [1.29, 1.82) is 0 Å². The second-order valence-electron chi connectivity index (χ2n) is 7.15. The number of hydrogen-bond donors (Lipinski definition) is 2. The maximum atomic E-state index is 12.7. The molecule has 2 aliphatic carbocycles. The molecule has 0 amide bonds. The number of aliphatic imine (C=N–C) groups is 1. The average molecular weight is 327 g/mol. The largest absolute Gasteiger partial charge is 0.508 e. The number of allylic oxidation sites excluding steroid dienone is 5. The Hall–Kier alpha value is -2.10. The van der Waals surface area contributed by atoms with Crippen molar-refractivity contribution >= 4 is 12.0 Å². The zero-order valence-electron chi connectivity index (χ0n) is 14.3. The summed E-state index contributed by atoms with van der Waals surface area (Å²) in [6.07, 6.45) is 12.6. The number of aliphatic hydroxyl groups is 2. The highest BCUT2D eigenvalue weighted by atomic mass is 16.3. The molecular weight excluding hydrogens is 302 g/mol. The average Bonchev–Trinajstić information content (AvgIpc) is 3.36. The summed E-state index contributed by atoms with van der Waals surface area (Å²) in [5.74, 6) is 0.440. The minimum Gasteiger partial charge on any atom is -0.508 e. The van der Waals surface area contributed by atoms with Crippen LogP contribution in [0.3, 0.4) is 0 Å². The Morgan fingerprint density at radius 1 is 1.38 bits per heavy atom. The van der Waals surface area contributed by atoms with Crippen molar-refractivity contribution in [2.24, 2.45) is 16.3 Å². The molecule has 128 valence electrons. The molecule has 0 spiro atoms. The Kier molecular flexibility index (Phi) is 4.48. The molecule has 1 unspecified atom stereocenters. The van der Waals surface area contributed by atoms with Crippen LogP contribution in [0.4, 0.5) is 0 Å². The monoisotopic (exact) mass is 327 g/mol. The van der Waals surface area contributed by atoms with Crippen LogP contribution in [-0.2, 0) is 4.79 Å². The summed E-state index contributed by atoms with van der Waals surface area (Å²) in [7, 11) is 0. The third-order valence-electron chi connectivity index (χ3n) is 5.63. The van der Waals surface area contributed by atoms with Gasteiger partial charge in [0.25, 0.3) is 0 Å². The Morgan fingerprint density at radius 2 is 2.12 bits per heavy atom. The van der Waals surface area contributed by atoms with E-state index in [2.05, 4.69) is 18.8 Å². The van der Waals surface area contributed by atoms with E-state index < -0.39 is 5.41 Å². The Balaban J connectivity index is 1.64. The van der Waals surface area contributed by atoms with Gasteiger partial charge in [0.15, 0.2) is 11.5 Å². The Morgan fingerprint density at radius 3 is 2.79 bits per heavy atom. The highest BCUT2D eigenvalue weighted by molar-refractivity contribution is 5.99. The van der Waals surface area contributed by atoms with E-state index in [9.17, 15) is 15.0 Å². The van der Waals surface area contributed by atoms with Crippen LogP contribution in [0.15, 0.2) is 52.0 Å². The first kappa shape index (κ1) is 16.7. The van der Waals surface area contributed by atoms with Gasteiger partial charge < -0.3 is 10.2 Å². The summed E-state index contributed by atoms with van der Waals surface area (Å²) in [5, 5.41) is 19.2. The Bertz CT molecular complexity index is 690. The van der Waals surface area contributed by atoms with Crippen LogP contribution in [0.1, 0.15) is 46.0 Å². The van der Waals surface area contributed by atoms with Gasteiger partial charge >= 0.3 is 0 Å². The maximum absolute atomic E-state index is 12.7. The standard InChI is InChI=1S/C20H25NO3/c1-13-8-11-21-16(14(13)2)4-3-5-19(24)20(9-10-20)15-6-7-17(22)18(23)12-15/h3,5,8,11-12,14,16,22-23H,4,6-7,9-10H2,1-2H3/b5-3+/t14?,16-/m1/s1. The van der Waals surface area contributed by atoms with E-state index in [1.165, 1.54) is 5.57 Å². The maximum Gasteiger partial charge on any atom is 0.165 e. The molecule has 4 nitrogen and oxygen atoms in total. The second-order valence-corrected chi connectivity index (χ2v) is 7.15. The van der Waals surface area contributed by atoms with Crippen molar-refractivity contribution in [2.75, 3.05) is 0 Å². The van der Waals surface area contributed by atoms with Crippen LogP contribution >= 0.6 is 0 Å². The van der Waals surface area contributed by atoms with E-state index in [-0.39, 0.29) is 23.3 Å². The number of dihydropyridines is 1. The predicted octanol–water partition coefficient (Wildman–Crippen LogP) is 4.37. The molecule has 0 saturated heterocycles. The smallest absolute Gasteiger partial charge is 0.165 e. The van der Waals surface area contributed by atoms with Crippen molar-refractivity contribution in [3.8, 4) is 0 Å². The molecule has 1 saturated carbocycles. The molecule has 3 rings (SSSR count). The summed E-state index contributed by atoms with van der Waals surface area (Å²) < 4.78 is 0. The SMILES string of the molecule is CC1=CC=N[C@H](C/C=C/C(=O)C2(C3=CC(O)=C(O)CC3)CC2)C1C. The third kappa shape index (κ3) is 3.10. The summed E-state index contributed by atoms with van der Waals surface area (Å²) in [5.41, 5.74) is 1.83. The molecule has 2 atom stereocenters. The fourth-order valence-corrected chi connectivity index (χ4v) is 3.52. The fourth-order valence-electron chi connectivity index (χ4n) is 3.52. The second kappa shape index (κ2) is 6.42. The molecule has 3 aliphatic rings. The lowest BCUT2D eigenvalue weighted by Crippen LogP contribution is -2.20. The van der Waals surface area contributed by atoms with Crippen molar-refractivity contribution in [3.63, 3.8) is 0 Å². The number of hydrogen-bond acceptors (Lipinski definition) is 4. The number of ketones is 1. The number of carbonyl (C=O) groups excluding carboxylic acids is 1. The molecule has 4 heteroatoms. The van der Waals surface area contributed by atoms with Crippen LogP contribution in [0.5, 0.6) is 0 Å². The first-order valence-corrected chi connectivity index (χ1v) is 8.67. The molecule has 0 aromatic heterocycles. The van der Waals surface area contributed by atoms with Gasteiger partial charge in [-0.3, -0.25) is 9.79 Å². The van der Waals surface area contributed by atoms with E-state index in [0.717, 1.165) is 24.8 Å². The topological polar surface area (TPSA) is 69.9 Å². The molecule has 0 radical (unpaired) electrons. The van der Waals surface area contributed by atoms with Crippen molar-refractivity contribution in [3.05, 3.63) is 47.0 Å². The van der Waals surface area contributed by atoms with Gasteiger partial charge in [0.05, 0.1) is 11.5 Å². The highest BCUT2D eigenvalue weighted by Gasteiger charge is 2.51. The molecule has 1 aliphatic heterocycles. The summed E-state index contributed by atoms with van der Waals surface area (Å²) >= 11 is 0. The number of aliphatic hydroxyl groups excluding tert-OH is 2. The lowest BCUT2D eigenvalue weighted by atomic mass is 9.84. The van der Waals surface area contributed by atoms with E-state index in [4.69, 9.17) is 0 Å². The predicted molar refractivity (Wildman–Crippen MR) is 95.2 cm³/mol. The lowest BCUT2D eigenvalue weighted by Gasteiger charge is -2.23. The molecular formula is C20H25NO3. The van der Waals surface area contributed by atoms with Gasteiger partial charge in [0.2, 0.25) is 0 Å². The molecule has 0 aromatic carbocycles. The summed E-state index contributed by atoms with van der Waals surface area (Å²) in [6, 6.07) is 0.201. The van der Waals surface area contributed by atoms with Gasteiger partial charge in [-0.1, -0.05) is 24.1 Å². The van der Waals surface area contributed by atoms with Gasteiger partial charge in [-0.25, -0.2) is 0 Å². The Labute approximate surface area is 143 Å². The first-order chi connectivity index (χ1) is 11.4. The quantitative estimate of drug-likeness (QED) is 0.737. The van der Waals surface area contributed by atoms with E-state index >= 15 is 0 Å². The normalized spacial score (nSPS) is 28.8. The number of nitrogens with zero attached hydrogens (tertiary/aromatic N) is 1. The van der Waals surface area contributed by atoms with Gasteiger partial charge in [-0.05, 0) is 56.8 Å². The summed E-state index contributed by atoms with van der Waals surface area (Å²) in [6.45, 7) is 4.28. The third-order valence-corrected chi connectivity index (χ3v) is 5.63. The lowest BCUT2D eigenvalue weighted by molar-refractivity contribution is -0.118. The van der Waals surface area contributed by atoms with Crippen LogP contribution in [0.25, 0.3) is 0 Å². The van der Waals surface area contributed by atoms with Crippen LogP contribution < -0.4 is 0 Å². The van der Waals surface area contributed by atoms with Crippen molar-refractivity contribution < 1.29 is 15.0 Å². The van der Waals surface area contributed by atoms with Crippen molar-refractivity contribution in [2.45, 2.75) is 52.0 Å². The molecule has 0 bridgehead atoms.